The van der Waals surface area contributed by atoms with Crippen molar-refractivity contribution in [2.24, 2.45) is 0 Å². The number of carbonyl (C=O) groups excluding carboxylic acids is 2. The monoisotopic (exact) mass is 451 g/mol. The van der Waals surface area contributed by atoms with E-state index in [-0.39, 0.29) is 16.4 Å². The molecule has 31 heavy (non-hydrogen) atoms. The van der Waals surface area contributed by atoms with E-state index in [1.165, 1.54) is 12.1 Å². The fraction of sp³-hybridized carbons (Fsp3) is 0.522. The number of esters is 1. The SMILES string of the molecule is CCCCc1cc(=O)oc2cc(OC(=O)[C@H](CCC)NC(=O)OC(C)(C)C)c(Cl)cc12. The lowest BCUT2D eigenvalue weighted by molar-refractivity contribution is -0.137. The second kappa shape index (κ2) is 10.7. The fourth-order valence-electron chi connectivity index (χ4n) is 3.05. The van der Waals surface area contributed by atoms with Crippen molar-refractivity contribution in [3.63, 3.8) is 0 Å². The van der Waals surface area contributed by atoms with Gasteiger partial charge < -0.3 is 19.2 Å². The average Bonchev–Trinajstić information content (AvgIpc) is 2.65. The van der Waals surface area contributed by atoms with Crippen LogP contribution in [0.25, 0.3) is 11.0 Å². The third-order valence-electron chi connectivity index (χ3n) is 4.45. The molecule has 1 N–H and O–H groups in total. The molecule has 2 rings (SSSR count). The summed E-state index contributed by atoms with van der Waals surface area (Å²) in [7, 11) is 0. The Balaban J connectivity index is 2.27. The molecule has 1 heterocycles. The van der Waals surface area contributed by atoms with Crippen LogP contribution in [-0.4, -0.2) is 23.7 Å². The molecule has 170 valence electrons. The molecule has 1 atom stereocenters. The minimum absolute atomic E-state index is 0.0575. The first-order valence-corrected chi connectivity index (χ1v) is 10.9. The van der Waals surface area contributed by atoms with Crippen molar-refractivity contribution in [3.8, 4) is 5.75 Å². The Hall–Kier alpha value is -2.54. The number of amides is 1. The Morgan fingerprint density at radius 3 is 2.48 bits per heavy atom. The molecule has 0 bridgehead atoms. The number of alkyl carbamates (subject to hydrolysis) is 1. The Labute approximate surface area is 187 Å². The van der Waals surface area contributed by atoms with Crippen molar-refractivity contribution >= 4 is 34.6 Å². The van der Waals surface area contributed by atoms with Gasteiger partial charge in [-0.05, 0) is 51.7 Å². The van der Waals surface area contributed by atoms with Gasteiger partial charge in [0.1, 0.15) is 17.2 Å². The first kappa shape index (κ1) is 24.7. The van der Waals surface area contributed by atoms with Crippen LogP contribution in [0.2, 0.25) is 5.02 Å². The van der Waals surface area contributed by atoms with E-state index in [0.717, 1.165) is 18.4 Å². The second-order valence-corrected chi connectivity index (χ2v) is 8.79. The second-order valence-electron chi connectivity index (χ2n) is 8.38. The highest BCUT2D eigenvalue weighted by atomic mass is 35.5. The summed E-state index contributed by atoms with van der Waals surface area (Å²) in [6.07, 6.45) is 2.90. The van der Waals surface area contributed by atoms with Crippen LogP contribution in [0.1, 0.15) is 65.9 Å². The predicted molar refractivity (Wildman–Crippen MR) is 120 cm³/mol. The summed E-state index contributed by atoms with van der Waals surface area (Å²) in [5, 5.41) is 3.45. The number of halogens is 1. The molecule has 8 heteroatoms. The zero-order valence-corrected chi connectivity index (χ0v) is 19.4. The number of aryl methyl sites for hydroxylation is 1. The van der Waals surface area contributed by atoms with Crippen LogP contribution in [0.15, 0.2) is 27.4 Å². The summed E-state index contributed by atoms with van der Waals surface area (Å²) in [6.45, 7) is 9.15. The number of ether oxygens (including phenoxy) is 2. The van der Waals surface area contributed by atoms with Gasteiger partial charge in [-0.2, -0.15) is 0 Å². The number of fused-ring (bicyclic) bond motifs is 1. The topological polar surface area (TPSA) is 94.8 Å². The summed E-state index contributed by atoms with van der Waals surface area (Å²) in [6, 6.07) is 3.61. The van der Waals surface area contributed by atoms with Crippen LogP contribution < -0.4 is 15.7 Å². The number of benzene rings is 1. The van der Waals surface area contributed by atoms with Crippen molar-refractivity contribution in [3.05, 3.63) is 39.2 Å². The Morgan fingerprint density at radius 2 is 1.87 bits per heavy atom. The van der Waals surface area contributed by atoms with Crippen LogP contribution in [-0.2, 0) is 16.0 Å². The van der Waals surface area contributed by atoms with Crippen LogP contribution in [0, 0.1) is 0 Å². The zero-order chi connectivity index (χ0) is 23.2. The van der Waals surface area contributed by atoms with E-state index in [4.69, 9.17) is 25.5 Å². The average molecular weight is 452 g/mol. The lowest BCUT2D eigenvalue weighted by atomic mass is 10.0. The first-order valence-electron chi connectivity index (χ1n) is 10.5. The van der Waals surface area contributed by atoms with Crippen molar-refractivity contribution in [2.75, 3.05) is 0 Å². The maximum absolute atomic E-state index is 12.7. The minimum atomic E-state index is -0.908. The number of nitrogens with one attached hydrogen (secondary N) is 1. The maximum Gasteiger partial charge on any atom is 0.408 e. The lowest BCUT2D eigenvalue weighted by Crippen LogP contribution is -2.45. The molecule has 0 aliphatic heterocycles. The van der Waals surface area contributed by atoms with Crippen LogP contribution >= 0.6 is 11.6 Å². The van der Waals surface area contributed by atoms with Crippen molar-refractivity contribution in [1.29, 1.82) is 0 Å². The summed E-state index contributed by atoms with van der Waals surface area (Å²) in [5.41, 5.74) is -0.0469. The molecular formula is C23H30ClNO6. The molecule has 0 unspecified atom stereocenters. The largest absolute Gasteiger partial charge is 0.444 e. The number of unbranched alkanes of at least 4 members (excludes halogenated alkanes) is 1. The predicted octanol–water partition coefficient (Wildman–Crippen LogP) is 5.39. The lowest BCUT2D eigenvalue weighted by Gasteiger charge is -2.22. The van der Waals surface area contributed by atoms with Gasteiger partial charge in [0.15, 0.2) is 5.75 Å². The summed E-state index contributed by atoms with van der Waals surface area (Å²) >= 11 is 6.36. The van der Waals surface area contributed by atoms with Crippen LogP contribution in [0.3, 0.4) is 0 Å². The molecule has 0 saturated heterocycles. The number of carbonyl (C=O) groups is 2. The highest BCUT2D eigenvalue weighted by Crippen LogP contribution is 2.32. The van der Waals surface area contributed by atoms with Gasteiger partial charge in [0, 0.05) is 17.5 Å². The zero-order valence-electron chi connectivity index (χ0n) is 18.7. The van der Waals surface area contributed by atoms with Crippen molar-refractivity contribution in [2.45, 2.75) is 78.4 Å². The summed E-state index contributed by atoms with van der Waals surface area (Å²) in [5.74, 6) is -0.625. The summed E-state index contributed by atoms with van der Waals surface area (Å²) in [4.78, 5) is 36.8. The van der Waals surface area contributed by atoms with Gasteiger partial charge in [0.05, 0.1) is 5.02 Å². The third kappa shape index (κ3) is 7.28. The summed E-state index contributed by atoms with van der Waals surface area (Å²) < 4.78 is 16.0. The third-order valence-corrected chi connectivity index (χ3v) is 4.74. The molecule has 0 radical (unpaired) electrons. The molecule has 7 nitrogen and oxygen atoms in total. The Bertz CT molecular complexity index is 992. The fourth-order valence-corrected chi connectivity index (χ4v) is 3.25. The molecular weight excluding hydrogens is 422 g/mol. The number of rotatable bonds is 8. The van der Waals surface area contributed by atoms with Crippen LogP contribution in [0.5, 0.6) is 5.75 Å². The van der Waals surface area contributed by atoms with E-state index >= 15 is 0 Å². The van der Waals surface area contributed by atoms with Gasteiger partial charge in [0.25, 0.3) is 0 Å². The van der Waals surface area contributed by atoms with E-state index in [1.807, 2.05) is 6.92 Å². The molecule has 0 fully saturated rings. The van der Waals surface area contributed by atoms with Gasteiger partial charge in [0.2, 0.25) is 0 Å². The number of hydrogen-bond acceptors (Lipinski definition) is 6. The van der Waals surface area contributed by atoms with Crippen molar-refractivity contribution in [1.82, 2.24) is 5.32 Å². The Kier molecular flexibility index (Phi) is 8.51. The van der Waals surface area contributed by atoms with Gasteiger partial charge >= 0.3 is 17.7 Å². The van der Waals surface area contributed by atoms with E-state index in [1.54, 1.807) is 26.8 Å². The molecule has 0 spiro atoms. The van der Waals surface area contributed by atoms with Crippen molar-refractivity contribution < 1.29 is 23.5 Å². The highest BCUT2D eigenvalue weighted by Gasteiger charge is 2.26. The molecule has 1 amide bonds. The number of hydrogen-bond donors (Lipinski definition) is 1. The normalized spacial score (nSPS) is 12.5. The smallest absolute Gasteiger partial charge is 0.408 e. The van der Waals surface area contributed by atoms with E-state index in [2.05, 4.69) is 12.2 Å². The maximum atomic E-state index is 12.7. The van der Waals surface area contributed by atoms with Gasteiger partial charge in [-0.25, -0.2) is 14.4 Å². The van der Waals surface area contributed by atoms with Gasteiger partial charge in [-0.15, -0.1) is 0 Å². The Morgan fingerprint density at radius 1 is 1.16 bits per heavy atom. The van der Waals surface area contributed by atoms with Gasteiger partial charge in [-0.1, -0.05) is 38.3 Å². The standard InChI is InChI=1S/C23H30ClNO6/c1-6-8-10-14-11-20(26)29-18-13-19(16(24)12-15(14)18)30-21(27)17(9-7-2)25-22(28)31-23(3,4)5/h11-13,17H,6-10H2,1-5H3,(H,25,28)/t17-/m0/s1. The molecule has 0 saturated carbocycles. The van der Waals surface area contributed by atoms with E-state index in [0.29, 0.717) is 24.6 Å². The molecule has 0 aliphatic carbocycles. The van der Waals surface area contributed by atoms with Crippen LogP contribution in [0.4, 0.5) is 4.79 Å². The molecule has 2 aromatic rings. The van der Waals surface area contributed by atoms with E-state index < -0.39 is 29.3 Å². The molecule has 0 aliphatic rings. The first-order chi connectivity index (χ1) is 14.5. The highest BCUT2D eigenvalue weighted by molar-refractivity contribution is 6.33. The van der Waals surface area contributed by atoms with E-state index in [9.17, 15) is 14.4 Å². The minimum Gasteiger partial charge on any atom is -0.444 e. The molecule has 1 aromatic carbocycles. The quantitative estimate of drug-likeness (QED) is 0.328. The molecule has 1 aromatic heterocycles. The van der Waals surface area contributed by atoms with Gasteiger partial charge in [-0.3, -0.25) is 0 Å².